The van der Waals surface area contributed by atoms with Crippen LogP contribution in [0.3, 0.4) is 0 Å². The number of hydrogen-bond acceptors (Lipinski definition) is 3. The molecule has 0 radical (unpaired) electrons. The molecule has 3 heteroatoms. The summed E-state index contributed by atoms with van der Waals surface area (Å²) < 4.78 is 5.21. The highest BCUT2D eigenvalue weighted by Gasteiger charge is 2.13. The van der Waals surface area contributed by atoms with Gasteiger partial charge in [-0.15, -0.1) is 0 Å². The first-order chi connectivity index (χ1) is 6.20. The van der Waals surface area contributed by atoms with Crippen molar-refractivity contribution >= 4 is 0 Å². The Morgan fingerprint density at radius 3 is 2.62 bits per heavy atom. The van der Waals surface area contributed by atoms with E-state index in [2.05, 4.69) is 0 Å². The van der Waals surface area contributed by atoms with Crippen molar-refractivity contribution < 1.29 is 9.57 Å². The zero-order chi connectivity index (χ0) is 9.84. The Labute approximate surface area is 78.4 Å². The summed E-state index contributed by atoms with van der Waals surface area (Å²) in [5.41, 5.74) is 2.13. The van der Waals surface area contributed by atoms with E-state index in [0.717, 1.165) is 16.9 Å². The van der Waals surface area contributed by atoms with Crippen LogP contribution in [0, 0.1) is 6.92 Å². The summed E-state index contributed by atoms with van der Waals surface area (Å²) in [5.74, 6) is 5.96. The van der Waals surface area contributed by atoms with Gasteiger partial charge in [-0.25, -0.2) is 5.90 Å². The molecule has 2 N–H and O–H groups in total. The fourth-order valence-corrected chi connectivity index (χ4v) is 1.42. The first-order valence-electron chi connectivity index (χ1n) is 4.19. The minimum absolute atomic E-state index is 0.142. The monoisotopic (exact) mass is 181 g/mol. The highest BCUT2D eigenvalue weighted by molar-refractivity contribution is 5.40. The van der Waals surface area contributed by atoms with Gasteiger partial charge in [0.2, 0.25) is 0 Å². The van der Waals surface area contributed by atoms with E-state index in [1.54, 1.807) is 7.11 Å². The fraction of sp³-hybridized carbons (Fsp3) is 0.400. The Balaban J connectivity index is 3.14. The molecule has 0 amide bonds. The molecule has 1 aromatic carbocycles. The molecule has 0 saturated heterocycles. The van der Waals surface area contributed by atoms with Gasteiger partial charge >= 0.3 is 0 Å². The predicted octanol–water partition coefficient (Wildman–Crippen LogP) is 1.95. The quantitative estimate of drug-likeness (QED) is 0.725. The third-order valence-corrected chi connectivity index (χ3v) is 2.11. The van der Waals surface area contributed by atoms with Crippen LogP contribution in [0.1, 0.15) is 24.2 Å². The lowest BCUT2D eigenvalue weighted by Gasteiger charge is -2.15. The topological polar surface area (TPSA) is 44.5 Å². The summed E-state index contributed by atoms with van der Waals surface area (Å²) in [6, 6.07) is 5.85. The highest BCUT2D eigenvalue weighted by Crippen LogP contribution is 2.29. The predicted molar refractivity (Wildman–Crippen MR) is 51.4 cm³/mol. The zero-order valence-corrected chi connectivity index (χ0v) is 8.20. The van der Waals surface area contributed by atoms with E-state index in [4.69, 9.17) is 15.5 Å². The number of aryl methyl sites for hydroxylation is 1. The summed E-state index contributed by atoms with van der Waals surface area (Å²) in [4.78, 5) is 4.78. The van der Waals surface area contributed by atoms with Crippen LogP contribution in [0.4, 0.5) is 0 Å². The second kappa shape index (κ2) is 4.25. The molecule has 1 atom stereocenters. The molecule has 3 nitrogen and oxygen atoms in total. The molecule has 0 aromatic heterocycles. The molecule has 72 valence electrons. The summed E-state index contributed by atoms with van der Waals surface area (Å²) in [5, 5.41) is 0. The lowest BCUT2D eigenvalue weighted by Crippen LogP contribution is -2.08. The van der Waals surface area contributed by atoms with E-state index in [-0.39, 0.29) is 6.10 Å². The van der Waals surface area contributed by atoms with Gasteiger partial charge in [0.05, 0.1) is 7.11 Å². The Bertz CT molecular complexity index is 286. The minimum Gasteiger partial charge on any atom is -0.496 e. The van der Waals surface area contributed by atoms with Gasteiger partial charge in [-0.3, -0.25) is 4.84 Å². The highest BCUT2D eigenvalue weighted by atomic mass is 16.6. The molecular formula is C10H15NO2. The van der Waals surface area contributed by atoms with Crippen molar-refractivity contribution in [1.82, 2.24) is 0 Å². The zero-order valence-electron chi connectivity index (χ0n) is 8.20. The van der Waals surface area contributed by atoms with Crippen LogP contribution in [0.25, 0.3) is 0 Å². The summed E-state index contributed by atoms with van der Waals surface area (Å²) in [6.45, 7) is 3.90. The molecule has 0 bridgehead atoms. The molecule has 0 heterocycles. The molecule has 0 aliphatic carbocycles. The maximum Gasteiger partial charge on any atom is 0.125 e. The maximum absolute atomic E-state index is 5.21. The Kier molecular flexibility index (Phi) is 3.28. The average molecular weight is 181 g/mol. The number of ether oxygens (including phenoxy) is 1. The Morgan fingerprint density at radius 2 is 2.08 bits per heavy atom. The van der Waals surface area contributed by atoms with Crippen molar-refractivity contribution in [2.24, 2.45) is 5.90 Å². The van der Waals surface area contributed by atoms with E-state index in [1.165, 1.54) is 0 Å². The van der Waals surface area contributed by atoms with Gasteiger partial charge in [0.1, 0.15) is 11.9 Å². The average Bonchev–Trinajstić information content (AvgIpc) is 2.16. The molecule has 0 fully saturated rings. The van der Waals surface area contributed by atoms with Crippen molar-refractivity contribution in [3.63, 3.8) is 0 Å². The second-order valence-electron chi connectivity index (χ2n) is 2.97. The van der Waals surface area contributed by atoms with Crippen molar-refractivity contribution in [3.8, 4) is 5.75 Å². The number of nitrogens with two attached hydrogens (primary N) is 1. The fourth-order valence-electron chi connectivity index (χ4n) is 1.42. The Hall–Kier alpha value is -1.06. The van der Waals surface area contributed by atoms with Crippen LogP contribution in [0.5, 0.6) is 5.75 Å². The van der Waals surface area contributed by atoms with Crippen molar-refractivity contribution in [2.45, 2.75) is 20.0 Å². The summed E-state index contributed by atoms with van der Waals surface area (Å²) >= 11 is 0. The molecule has 1 aromatic rings. The van der Waals surface area contributed by atoms with Crippen LogP contribution in [-0.4, -0.2) is 7.11 Å². The van der Waals surface area contributed by atoms with Crippen molar-refractivity contribution in [1.29, 1.82) is 0 Å². The molecule has 0 saturated carbocycles. The number of benzene rings is 1. The van der Waals surface area contributed by atoms with Gasteiger partial charge in [0.15, 0.2) is 0 Å². The van der Waals surface area contributed by atoms with Gasteiger partial charge < -0.3 is 4.74 Å². The standard InChI is InChI=1S/C10H15NO2/c1-7-5-4-6-9(12-3)10(7)8(2)13-11/h4-6,8H,11H2,1-3H3. The van der Waals surface area contributed by atoms with Gasteiger partial charge in [0.25, 0.3) is 0 Å². The molecule has 13 heavy (non-hydrogen) atoms. The molecular weight excluding hydrogens is 166 g/mol. The molecule has 0 spiro atoms. The van der Waals surface area contributed by atoms with E-state index >= 15 is 0 Å². The third kappa shape index (κ3) is 1.99. The van der Waals surface area contributed by atoms with E-state index in [1.807, 2.05) is 32.0 Å². The molecule has 1 rings (SSSR count). The van der Waals surface area contributed by atoms with Crippen LogP contribution >= 0.6 is 0 Å². The van der Waals surface area contributed by atoms with Crippen LogP contribution < -0.4 is 10.6 Å². The maximum atomic E-state index is 5.21. The summed E-state index contributed by atoms with van der Waals surface area (Å²) in [7, 11) is 1.64. The van der Waals surface area contributed by atoms with Crippen molar-refractivity contribution in [3.05, 3.63) is 29.3 Å². The van der Waals surface area contributed by atoms with Gasteiger partial charge in [-0.1, -0.05) is 12.1 Å². The van der Waals surface area contributed by atoms with Gasteiger partial charge in [0, 0.05) is 5.56 Å². The van der Waals surface area contributed by atoms with Crippen molar-refractivity contribution in [2.75, 3.05) is 7.11 Å². The lowest BCUT2D eigenvalue weighted by molar-refractivity contribution is 0.0641. The third-order valence-electron chi connectivity index (χ3n) is 2.11. The minimum atomic E-state index is -0.142. The SMILES string of the molecule is COc1cccc(C)c1C(C)ON. The molecule has 1 unspecified atom stereocenters. The van der Waals surface area contributed by atoms with Crippen LogP contribution in [0.2, 0.25) is 0 Å². The molecule has 0 aliphatic rings. The van der Waals surface area contributed by atoms with Crippen LogP contribution in [0.15, 0.2) is 18.2 Å². The van der Waals surface area contributed by atoms with E-state index in [0.29, 0.717) is 0 Å². The summed E-state index contributed by atoms with van der Waals surface area (Å²) in [6.07, 6.45) is -0.142. The van der Waals surface area contributed by atoms with Gasteiger partial charge in [-0.05, 0) is 25.5 Å². The lowest BCUT2D eigenvalue weighted by atomic mass is 10.0. The first-order valence-corrected chi connectivity index (χ1v) is 4.19. The van der Waals surface area contributed by atoms with E-state index in [9.17, 15) is 0 Å². The Morgan fingerprint density at radius 1 is 1.38 bits per heavy atom. The smallest absolute Gasteiger partial charge is 0.125 e. The number of hydrogen-bond donors (Lipinski definition) is 1. The van der Waals surface area contributed by atoms with Crippen LogP contribution in [-0.2, 0) is 4.84 Å². The number of rotatable bonds is 3. The van der Waals surface area contributed by atoms with E-state index < -0.39 is 0 Å². The first kappa shape index (κ1) is 10.0. The van der Waals surface area contributed by atoms with Gasteiger partial charge in [-0.2, -0.15) is 0 Å². The molecule has 0 aliphatic heterocycles. The largest absolute Gasteiger partial charge is 0.496 e. The normalized spacial score (nSPS) is 12.6. The number of methoxy groups -OCH3 is 1. The second-order valence-corrected chi connectivity index (χ2v) is 2.97.